The van der Waals surface area contributed by atoms with Crippen LogP contribution < -0.4 is 10.6 Å². The van der Waals surface area contributed by atoms with Crippen molar-refractivity contribution in [2.75, 3.05) is 13.2 Å². The van der Waals surface area contributed by atoms with Gasteiger partial charge in [0.25, 0.3) is 0 Å². The van der Waals surface area contributed by atoms with E-state index >= 15 is 0 Å². The maximum Gasteiger partial charge on any atom is 0.407 e. The van der Waals surface area contributed by atoms with Crippen LogP contribution in [0.3, 0.4) is 0 Å². The van der Waals surface area contributed by atoms with Gasteiger partial charge in [-0.15, -0.1) is 0 Å². The summed E-state index contributed by atoms with van der Waals surface area (Å²) >= 11 is 0. The van der Waals surface area contributed by atoms with Gasteiger partial charge in [0.05, 0.1) is 5.41 Å². The second-order valence-corrected chi connectivity index (χ2v) is 9.32. The predicted molar refractivity (Wildman–Crippen MR) is 128 cm³/mol. The van der Waals surface area contributed by atoms with Gasteiger partial charge in [-0.3, -0.25) is 9.59 Å². The minimum absolute atomic E-state index is 0.0607. The van der Waals surface area contributed by atoms with E-state index in [0.717, 1.165) is 35.1 Å². The number of hydrogen-bond acceptors (Lipinski definition) is 4. The Hall–Kier alpha value is -3.35. The lowest BCUT2D eigenvalue weighted by atomic mass is 9.86. The van der Waals surface area contributed by atoms with Gasteiger partial charge in [0.2, 0.25) is 5.91 Å². The first-order valence-electron chi connectivity index (χ1n) is 12.1. The van der Waals surface area contributed by atoms with Crippen LogP contribution in [0.5, 0.6) is 0 Å². The Morgan fingerprint density at radius 3 is 2.18 bits per heavy atom. The Morgan fingerprint density at radius 1 is 1.03 bits per heavy atom. The zero-order chi connectivity index (χ0) is 24.1. The summed E-state index contributed by atoms with van der Waals surface area (Å²) in [6.45, 7) is 2.17. The van der Waals surface area contributed by atoms with Gasteiger partial charge in [0.1, 0.15) is 12.6 Å². The largest absolute Gasteiger partial charge is 0.481 e. The number of ether oxygens (including phenoxy) is 1. The Kier molecular flexibility index (Phi) is 7.20. The fraction of sp³-hybridized carbons (Fsp3) is 0.444. The molecule has 3 N–H and O–H groups in total. The van der Waals surface area contributed by atoms with E-state index in [4.69, 9.17) is 4.74 Å². The minimum Gasteiger partial charge on any atom is -0.481 e. The fourth-order valence-corrected chi connectivity index (χ4v) is 5.24. The van der Waals surface area contributed by atoms with E-state index in [1.165, 1.54) is 0 Å². The van der Waals surface area contributed by atoms with Crippen LogP contribution in [0, 0.1) is 5.41 Å². The monoisotopic (exact) mass is 464 g/mol. The molecule has 1 saturated carbocycles. The first-order valence-corrected chi connectivity index (χ1v) is 12.1. The van der Waals surface area contributed by atoms with Crippen molar-refractivity contribution in [2.45, 2.75) is 57.4 Å². The Labute approximate surface area is 199 Å². The first-order chi connectivity index (χ1) is 16.4. The fourth-order valence-electron chi connectivity index (χ4n) is 5.24. The van der Waals surface area contributed by atoms with Gasteiger partial charge in [-0.2, -0.15) is 0 Å². The van der Waals surface area contributed by atoms with E-state index in [0.29, 0.717) is 25.7 Å². The van der Waals surface area contributed by atoms with E-state index in [1.807, 2.05) is 31.2 Å². The summed E-state index contributed by atoms with van der Waals surface area (Å²) in [4.78, 5) is 37.2. The van der Waals surface area contributed by atoms with Crippen molar-refractivity contribution in [3.05, 3.63) is 59.7 Å². The van der Waals surface area contributed by atoms with Crippen LogP contribution in [-0.2, 0) is 14.3 Å². The van der Waals surface area contributed by atoms with E-state index in [9.17, 15) is 19.5 Å². The number of carbonyl (C=O) groups is 3. The Morgan fingerprint density at radius 2 is 1.62 bits per heavy atom. The SMILES string of the molecule is CCC[C@H](NC(=O)OCC1c2ccccc2-c2ccccc21)C(=O)NCC1(C(=O)O)CCCC1. The normalized spacial score (nSPS) is 16.9. The molecule has 2 aromatic rings. The van der Waals surface area contributed by atoms with E-state index in [1.54, 1.807) is 0 Å². The van der Waals surface area contributed by atoms with E-state index < -0.39 is 23.5 Å². The number of carboxylic acid groups (broad SMARTS) is 1. The van der Waals surface area contributed by atoms with Crippen LogP contribution >= 0.6 is 0 Å². The predicted octanol–water partition coefficient (Wildman–Crippen LogP) is 4.46. The molecule has 2 amide bonds. The number of amides is 2. The third kappa shape index (κ3) is 4.79. The molecular weight excluding hydrogens is 432 g/mol. The molecule has 1 atom stereocenters. The lowest BCUT2D eigenvalue weighted by Crippen LogP contribution is -2.50. The van der Waals surface area contributed by atoms with E-state index in [2.05, 4.69) is 34.9 Å². The lowest BCUT2D eigenvalue weighted by molar-refractivity contribution is -0.148. The molecule has 180 valence electrons. The van der Waals surface area contributed by atoms with Crippen molar-refractivity contribution in [2.24, 2.45) is 5.41 Å². The molecule has 0 bridgehead atoms. The van der Waals surface area contributed by atoms with Crippen LogP contribution in [0.2, 0.25) is 0 Å². The molecule has 0 heterocycles. The topological polar surface area (TPSA) is 105 Å². The molecule has 0 radical (unpaired) electrons. The molecule has 0 spiro atoms. The summed E-state index contributed by atoms with van der Waals surface area (Å²) in [6.07, 6.45) is 3.28. The van der Waals surface area contributed by atoms with Gasteiger partial charge in [0, 0.05) is 12.5 Å². The molecule has 2 aliphatic carbocycles. The lowest BCUT2D eigenvalue weighted by Gasteiger charge is -2.26. The molecule has 7 nitrogen and oxygen atoms in total. The van der Waals surface area contributed by atoms with Gasteiger partial charge >= 0.3 is 12.1 Å². The molecule has 0 aromatic heterocycles. The second kappa shape index (κ2) is 10.3. The Balaban J connectivity index is 1.36. The summed E-state index contributed by atoms with van der Waals surface area (Å²) in [5.41, 5.74) is 3.63. The highest BCUT2D eigenvalue weighted by Crippen LogP contribution is 2.44. The molecule has 4 rings (SSSR count). The summed E-state index contributed by atoms with van der Waals surface area (Å²) in [5, 5.41) is 15.1. The number of carboxylic acids is 1. The highest BCUT2D eigenvalue weighted by molar-refractivity contribution is 5.86. The number of aliphatic carboxylic acids is 1. The third-order valence-electron chi connectivity index (χ3n) is 7.14. The van der Waals surface area contributed by atoms with Crippen LogP contribution in [0.1, 0.15) is 62.5 Å². The second-order valence-electron chi connectivity index (χ2n) is 9.32. The standard InChI is InChI=1S/C27H32N2O5/c1-2-9-23(24(30)28-17-27(25(31)32)14-7-8-15-27)29-26(33)34-16-22-20-12-5-3-10-18(20)19-11-4-6-13-21(19)22/h3-6,10-13,22-23H,2,7-9,14-17H2,1H3,(H,28,30)(H,29,33)(H,31,32)/t23-/m0/s1. The van der Waals surface area contributed by atoms with Crippen molar-refractivity contribution >= 4 is 18.0 Å². The van der Waals surface area contributed by atoms with Gasteiger partial charge in [-0.25, -0.2) is 4.79 Å². The van der Waals surface area contributed by atoms with Crippen molar-refractivity contribution in [3.63, 3.8) is 0 Å². The van der Waals surface area contributed by atoms with Gasteiger partial charge in [0.15, 0.2) is 0 Å². The number of nitrogens with one attached hydrogen (secondary N) is 2. The highest BCUT2D eigenvalue weighted by atomic mass is 16.5. The molecule has 34 heavy (non-hydrogen) atoms. The molecule has 7 heteroatoms. The summed E-state index contributed by atoms with van der Waals surface area (Å²) in [6, 6.07) is 15.4. The smallest absolute Gasteiger partial charge is 0.407 e. The maximum absolute atomic E-state index is 12.8. The minimum atomic E-state index is -0.907. The number of fused-ring (bicyclic) bond motifs is 3. The average Bonchev–Trinajstić information content (AvgIpc) is 3.45. The quantitative estimate of drug-likeness (QED) is 0.508. The molecule has 1 fully saturated rings. The summed E-state index contributed by atoms with van der Waals surface area (Å²) < 4.78 is 5.58. The number of carbonyl (C=O) groups excluding carboxylic acids is 2. The van der Waals surface area contributed by atoms with Gasteiger partial charge in [-0.05, 0) is 41.5 Å². The highest BCUT2D eigenvalue weighted by Gasteiger charge is 2.42. The molecular formula is C27H32N2O5. The maximum atomic E-state index is 12.8. The Bertz CT molecular complexity index is 1010. The zero-order valence-corrected chi connectivity index (χ0v) is 19.5. The van der Waals surface area contributed by atoms with Crippen LogP contribution in [0.4, 0.5) is 4.79 Å². The first kappa shape index (κ1) is 23.8. The number of benzene rings is 2. The molecule has 0 aliphatic heterocycles. The van der Waals surface area contributed by atoms with Crippen LogP contribution in [-0.4, -0.2) is 42.3 Å². The number of hydrogen-bond donors (Lipinski definition) is 3. The molecule has 0 saturated heterocycles. The van der Waals surface area contributed by atoms with E-state index in [-0.39, 0.29) is 25.0 Å². The van der Waals surface area contributed by atoms with Gasteiger partial charge in [-0.1, -0.05) is 74.7 Å². The van der Waals surface area contributed by atoms with Crippen molar-refractivity contribution in [3.8, 4) is 11.1 Å². The summed E-state index contributed by atoms with van der Waals surface area (Å²) in [7, 11) is 0. The van der Waals surface area contributed by atoms with Crippen molar-refractivity contribution in [1.29, 1.82) is 0 Å². The van der Waals surface area contributed by atoms with Crippen molar-refractivity contribution < 1.29 is 24.2 Å². The molecule has 2 aliphatic rings. The summed E-state index contributed by atoms with van der Waals surface area (Å²) in [5.74, 6) is -1.31. The van der Waals surface area contributed by atoms with Crippen LogP contribution in [0.15, 0.2) is 48.5 Å². The number of rotatable bonds is 9. The average molecular weight is 465 g/mol. The third-order valence-corrected chi connectivity index (χ3v) is 7.14. The van der Waals surface area contributed by atoms with Gasteiger partial charge < -0.3 is 20.5 Å². The molecule has 2 aromatic carbocycles. The van der Waals surface area contributed by atoms with Crippen LogP contribution in [0.25, 0.3) is 11.1 Å². The molecule has 0 unspecified atom stereocenters. The number of alkyl carbamates (subject to hydrolysis) is 1. The zero-order valence-electron chi connectivity index (χ0n) is 19.5. The van der Waals surface area contributed by atoms with Crippen molar-refractivity contribution in [1.82, 2.24) is 10.6 Å².